The van der Waals surface area contributed by atoms with E-state index < -0.39 is 0 Å². The lowest BCUT2D eigenvalue weighted by Gasteiger charge is -2.40. The van der Waals surface area contributed by atoms with Gasteiger partial charge in [0.2, 0.25) is 0 Å². The number of piperazine rings is 1. The van der Waals surface area contributed by atoms with Gasteiger partial charge in [-0.1, -0.05) is 0 Å². The first-order chi connectivity index (χ1) is 10.8. The first kappa shape index (κ1) is 15.4. The van der Waals surface area contributed by atoms with Crippen molar-refractivity contribution in [1.29, 1.82) is 0 Å². The van der Waals surface area contributed by atoms with Crippen LogP contribution in [-0.2, 0) is 4.74 Å². The standard InChI is InChI=1S/C15H26N4O3/c20-14(16-4-2-1-3-5-16)17-6-8-18(9-7-17)15(21)19-10-12-22-13-11-19/h1-13H2. The monoisotopic (exact) mass is 310 g/mol. The first-order valence-electron chi connectivity index (χ1n) is 8.41. The van der Waals surface area contributed by atoms with Gasteiger partial charge in [-0.25, -0.2) is 9.59 Å². The van der Waals surface area contributed by atoms with Crippen LogP contribution in [0.15, 0.2) is 0 Å². The topological polar surface area (TPSA) is 56.3 Å². The van der Waals surface area contributed by atoms with Crippen molar-refractivity contribution in [3.8, 4) is 0 Å². The van der Waals surface area contributed by atoms with Gasteiger partial charge in [-0.05, 0) is 19.3 Å². The van der Waals surface area contributed by atoms with Gasteiger partial charge in [0.25, 0.3) is 0 Å². The summed E-state index contributed by atoms with van der Waals surface area (Å²) >= 11 is 0. The Morgan fingerprint density at radius 3 is 1.45 bits per heavy atom. The minimum atomic E-state index is 0.0911. The van der Waals surface area contributed by atoms with Crippen LogP contribution in [0.1, 0.15) is 19.3 Å². The highest BCUT2D eigenvalue weighted by molar-refractivity contribution is 5.77. The Kier molecular flexibility index (Phi) is 5.02. The van der Waals surface area contributed by atoms with Crippen molar-refractivity contribution in [1.82, 2.24) is 19.6 Å². The zero-order valence-corrected chi connectivity index (χ0v) is 13.2. The van der Waals surface area contributed by atoms with Crippen LogP contribution in [0.3, 0.4) is 0 Å². The Morgan fingerprint density at radius 2 is 0.955 bits per heavy atom. The van der Waals surface area contributed by atoms with Crippen LogP contribution in [0.4, 0.5) is 9.59 Å². The summed E-state index contributed by atoms with van der Waals surface area (Å²) in [4.78, 5) is 32.4. The molecule has 3 aliphatic heterocycles. The maximum absolute atomic E-state index is 12.5. The van der Waals surface area contributed by atoms with Crippen LogP contribution >= 0.6 is 0 Å². The van der Waals surface area contributed by atoms with Gasteiger partial charge in [-0.3, -0.25) is 0 Å². The summed E-state index contributed by atoms with van der Waals surface area (Å²) in [6.45, 7) is 6.91. The highest BCUT2D eigenvalue weighted by Crippen LogP contribution is 2.14. The van der Waals surface area contributed by atoms with Crippen LogP contribution in [0.2, 0.25) is 0 Å². The molecule has 0 N–H and O–H groups in total. The van der Waals surface area contributed by atoms with E-state index in [1.807, 2.05) is 19.6 Å². The molecule has 0 unspecified atom stereocenters. The molecule has 4 amide bonds. The predicted molar refractivity (Wildman–Crippen MR) is 81.8 cm³/mol. The number of hydrogen-bond acceptors (Lipinski definition) is 3. The van der Waals surface area contributed by atoms with Crippen LogP contribution in [0.5, 0.6) is 0 Å². The van der Waals surface area contributed by atoms with Gasteiger partial charge in [-0.2, -0.15) is 0 Å². The smallest absolute Gasteiger partial charge is 0.320 e. The maximum atomic E-state index is 12.5. The third-order valence-electron chi connectivity index (χ3n) is 4.73. The highest BCUT2D eigenvalue weighted by Gasteiger charge is 2.30. The van der Waals surface area contributed by atoms with E-state index in [1.54, 1.807) is 0 Å². The van der Waals surface area contributed by atoms with Gasteiger partial charge >= 0.3 is 12.1 Å². The average Bonchev–Trinajstić information content (AvgIpc) is 2.62. The van der Waals surface area contributed by atoms with Crippen molar-refractivity contribution >= 4 is 12.1 Å². The number of nitrogens with zero attached hydrogens (tertiary/aromatic N) is 4. The number of hydrogen-bond donors (Lipinski definition) is 0. The van der Waals surface area contributed by atoms with Gasteiger partial charge in [0.1, 0.15) is 0 Å². The number of carbonyl (C=O) groups excluding carboxylic acids is 2. The molecule has 3 heterocycles. The number of carbonyl (C=O) groups is 2. The van der Waals surface area contributed by atoms with E-state index in [0.29, 0.717) is 52.5 Å². The summed E-state index contributed by atoms with van der Waals surface area (Å²) < 4.78 is 5.28. The van der Waals surface area contributed by atoms with Gasteiger partial charge in [0.15, 0.2) is 0 Å². The summed E-state index contributed by atoms with van der Waals surface area (Å²) in [5.74, 6) is 0. The number of ether oxygens (including phenoxy) is 1. The number of amides is 4. The fourth-order valence-corrected chi connectivity index (χ4v) is 3.33. The third kappa shape index (κ3) is 3.45. The number of urea groups is 2. The minimum Gasteiger partial charge on any atom is -0.378 e. The Bertz CT molecular complexity index is 360. The fourth-order valence-electron chi connectivity index (χ4n) is 3.33. The maximum Gasteiger partial charge on any atom is 0.320 e. The second-order valence-electron chi connectivity index (χ2n) is 6.19. The molecule has 0 radical (unpaired) electrons. The van der Waals surface area contributed by atoms with Crippen molar-refractivity contribution < 1.29 is 14.3 Å². The van der Waals surface area contributed by atoms with E-state index in [2.05, 4.69) is 0 Å². The zero-order chi connectivity index (χ0) is 15.4. The molecule has 3 rings (SSSR count). The molecule has 0 atom stereocenters. The molecular formula is C15H26N4O3. The molecule has 7 nitrogen and oxygen atoms in total. The van der Waals surface area contributed by atoms with Gasteiger partial charge in [0, 0.05) is 52.4 Å². The molecule has 124 valence electrons. The molecule has 0 spiro atoms. The van der Waals surface area contributed by atoms with E-state index >= 15 is 0 Å². The lowest BCUT2D eigenvalue weighted by molar-refractivity contribution is 0.0381. The number of likely N-dealkylation sites (tertiary alicyclic amines) is 1. The number of piperidine rings is 1. The van der Waals surface area contributed by atoms with Crippen molar-refractivity contribution in [3.63, 3.8) is 0 Å². The Balaban J connectivity index is 1.47. The fraction of sp³-hybridized carbons (Fsp3) is 0.867. The van der Waals surface area contributed by atoms with E-state index in [1.165, 1.54) is 6.42 Å². The van der Waals surface area contributed by atoms with Crippen molar-refractivity contribution in [3.05, 3.63) is 0 Å². The normalized spacial score (nSPS) is 23.6. The first-order valence-corrected chi connectivity index (χ1v) is 8.41. The molecular weight excluding hydrogens is 284 g/mol. The van der Waals surface area contributed by atoms with Gasteiger partial charge in [-0.15, -0.1) is 0 Å². The van der Waals surface area contributed by atoms with Crippen LogP contribution < -0.4 is 0 Å². The van der Waals surface area contributed by atoms with E-state index in [-0.39, 0.29) is 12.1 Å². The molecule has 22 heavy (non-hydrogen) atoms. The molecule has 0 aromatic heterocycles. The summed E-state index contributed by atoms with van der Waals surface area (Å²) in [6, 6.07) is 0.242. The lowest BCUT2D eigenvalue weighted by Crippen LogP contribution is -2.57. The van der Waals surface area contributed by atoms with Crippen LogP contribution in [-0.4, -0.2) is 97.2 Å². The lowest BCUT2D eigenvalue weighted by atomic mass is 10.1. The van der Waals surface area contributed by atoms with Crippen molar-refractivity contribution in [2.75, 3.05) is 65.6 Å². The zero-order valence-electron chi connectivity index (χ0n) is 13.2. The minimum absolute atomic E-state index is 0.0911. The highest BCUT2D eigenvalue weighted by atomic mass is 16.5. The van der Waals surface area contributed by atoms with Gasteiger partial charge < -0.3 is 24.3 Å². The summed E-state index contributed by atoms with van der Waals surface area (Å²) in [6.07, 6.45) is 3.45. The number of rotatable bonds is 0. The van der Waals surface area contributed by atoms with Gasteiger partial charge in [0.05, 0.1) is 13.2 Å². The Hall–Kier alpha value is -1.50. The molecule has 7 heteroatoms. The Morgan fingerprint density at radius 1 is 0.545 bits per heavy atom. The summed E-state index contributed by atoms with van der Waals surface area (Å²) in [5.41, 5.74) is 0. The van der Waals surface area contributed by atoms with Crippen molar-refractivity contribution in [2.45, 2.75) is 19.3 Å². The van der Waals surface area contributed by atoms with Crippen molar-refractivity contribution in [2.24, 2.45) is 0 Å². The molecule has 0 bridgehead atoms. The SMILES string of the molecule is O=C(N1CCCCC1)N1CCN(C(=O)N2CCOCC2)CC1. The van der Waals surface area contributed by atoms with E-state index in [9.17, 15) is 9.59 Å². The summed E-state index contributed by atoms with van der Waals surface area (Å²) in [5, 5.41) is 0. The molecule has 0 saturated carbocycles. The molecule has 0 aliphatic carbocycles. The predicted octanol–water partition coefficient (Wildman–Crippen LogP) is 0.662. The molecule has 3 aliphatic rings. The molecule has 0 aromatic rings. The Labute approximate surface area is 131 Å². The van der Waals surface area contributed by atoms with Crippen LogP contribution in [0, 0.1) is 0 Å². The molecule has 0 aromatic carbocycles. The second-order valence-corrected chi connectivity index (χ2v) is 6.19. The third-order valence-corrected chi connectivity index (χ3v) is 4.73. The average molecular weight is 310 g/mol. The van der Waals surface area contributed by atoms with Crippen LogP contribution in [0.25, 0.3) is 0 Å². The largest absolute Gasteiger partial charge is 0.378 e. The number of morpholine rings is 1. The molecule has 3 saturated heterocycles. The van der Waals surface area contributed by atoms with E-state index in [4.69, 9.17) is 4.74 Å². The quantitative estimate of drug-likeness (QED) is 0.660. The summed E-state index contributed by atoms with van der Waals surface area (Å²) in [7, 11) is 0. The molecule has 3 fully saturated rings. The van der Waals surface area contributed by atoms with E-state index in [0.717, 1.165) is 25.9 Å². The second kappa shape index (κ2) is 7.17.